The SMILES string of the molecule is O=C1C(=O)N(Cc2ccncc2)C(c2ccncc2)/C1=C(/O)c1ccc([N+](=O)[O-])cc1. The second-order valence-corrected chi connectivity index (χ2v) is 6.87. The molecule has 4 rings (SSSR count). The first-order chi connectivity index (χ1) is 15.0. The van der Waals surface area contributed by atoms with E-state index >= 15 is 0 Å². The molecule has 154 valence electrons. The van der Waals surface area contributed by atoms with Crippen LogP contribution in [0.15, 0.2) is 78.9 Å². The number of aliphatic hydroxyl groups is 1. The number of ketones is 1. The highest BCUT2D eigenvalue weighted by Crippen LogP contribution is 2.40. The molecule has 1 amide bonds. The van der Waals surface area contributed by atoms with Gasteiger partial charge in [0.25, 0.3) is 17.4 Å². The molecule has 1 aliphatic heterocycles. The molecule has 9 nitrogen and oxygen atoms in total. The molecule has 1 N–H and O–H groups in total. The summed E-state index contributed by atoms with van der Waals surface area (Å²) in [6.07, 6.45) is 6.25. The Kier molecular flexibility index (Phi) is 5.23. The van der Waals surface area contributed by atoms with Crippen LogP contribution in [0, 0.1) is 10.1 Å². The van der Waals surface area contributed by atoms with Gasteiger partial charge in [-0.2, -0.15) is 0 Å². The van der Waals surface area contributed by atoms with Gasteiger partial charge < -0.3 is 10.0 Å². The number of nitrogens with zero attached hydrogens (tertiary/aromatic N) is 4. The third-order valence-electron chi connectivity index (χ3n) is 5.02. The monoisotopic (exact) mass is 416 g/mol. The van der Waals surface area contributed by atoms with Crippen molar-refractivity contribution < 1.29 is 19.6 Å². The minimum Gasteiger partial charge on any atom is -0.507 e. The van der Waals surface area contributed by atoms with Crippen molar-refractivity contribution in [2.24, 2.45) is 0 Å². The number of nitro groups is 1. The zero-order valence-electron chi connectivity index (χ0n) is 16.1. The van der Waals surface area contributed by atoms with E-state index in [1.54, 1.807) is 36.7 Å². The fourth-order valence-electron chi connectivity index (χ4n) is 3.52. The lowest BCUT2D eigenvalue weighted by Crippen LogP contribution is -2.29. The Morgan fingerprint density at radius 2 is 1.55 bits per heavy atom. The Balaban J connectivity index is 1.83. The van der Waals surface area contributed by atoms with E-state index in [0.717, 1.165) is 5.56 Å². The molecule has 31 heavy (non-hydrogen) atoms. The van der Waals surface area contributed by atoms with E-state index in [2.05, 4.69) is 9.97 Å². The van der Waals surface area contributed by atoms with Crippen molar-refractivity contribution in [3.63, 3.8) is 0 Å². The summed E-state index contributed by atoms with van der Waals surface area (Å²) >= 11 is 0. The number of likely N-dealkylation sites (tertiary alicyclic amines) is 1. The molecule has 3 aromatic rings. The Morgan fingerprint density at radius 1 is 0.968 bits per heavy atom. The second-order valence-electron chi connectivity index (χ2n) is 6.87. The summed E-state index contributed by atoms with van der Waals surface area (Å²) in [4.78, 5) is 45.5. The Labute approximate surface area is 176 Å². The van der Waals surface area contributed by atoms with Crippen LogP contribution < -0.4 is 0 Å². The molecule has 1 atom stereocenters. The van der Waals surface area contributed by atoms with Crippen LogP contribution >= 0.6 is 0 Å². The molecule has 1 saturated heterocycles. The number of benzene rings is 1. The molecular weight excluding hydrogens is 400 g/mol. The first-order valence-corrected chi connectivity index (χ1v) is 9.29. The van der Waals surface area contributed by atoms with E-state index < -0.39 is 28.4 Å². The van der Waals surface area contributed by atoms with Crippen LogP contribution in [0.2, 0.25) is 0 Å². The molecule has 0 bridgehead atoms. The number of aromatic nitrogens is 2. The van der Waals surface area contributed by atoms with E-state index in [9.17, 15) is 24.8 Å². The Hall–Kier alpha value is -4.40. The molecule has 2 aromatic heterocycles. The maximum atomic E-state index is 12.9. The minimum atomic E-state index is -0.841. The molecule has 3 heterocycles. The molecule has 1 fully saturated rings. The summed E-state index contributed by atoms with van der Waals surface area (Å²) in [7, 11) is 0. The maximum absolute atomic E-state index is 12.9. The lowest BCUT2D eigenvalue weighted by molar-refractivity contribution is -0.384. The van der Waals surface area contributed by atoms with Crippen LogP contribution in [0.25, 0.3) is 5.76 Å². The fourth-order valence-corrected chi connectivity index (χ4v) is 3.52. The molecule has 9 heteroatoms. The average molecular weight is 416 g/mol. The number of amides is 1. The molecule has 1 aromatic carbocycles. The molecule has 1 unspecified atom stereocenters. The number of non-ortho nitro benzene ring substituents is 1. The van der Waals surface area contributed by atoms with Crippen molar-refractivity contribution >= 4 is 23.1 Å². The number of pyridine rings is 2. The number of hydrogen-bond donors (Lipinski definition) is 1. The number of nitro benzene ring substituents is 1. The lowest BCUT2D eigenvalue weighted by Gasteiger charge is -2.25. The van der Waals surface area contributed by atoms with Gasteiger partial charge in [-0.05, 0) is 47.5 Å². The van der Waals surface area contributed by atoms with Crippen LogP contribution in [0.1, 0.15) is 22.7 Å². The molecule has 0 aliphatic carbocycles. The number of rotatable bonds is 5. The van der Waals surface area contributed by atoms with Crippen LogP contribution in [0.4, 0.5) is 5.69 Å². The first kappa shape index (κ1) is 19.9. The zero-order valence-corrected chi connectivity index (χ0v) is 16.1. The lowest BCUT2D eigenvalue weighted by atomic mass is 9.96. The summed E-state index contributed by atoms with van der Waals surface area (Å²) in [6.45, 7) is 0.136. The molecular formula is C22H16N4O5. The van der Waals surface area contributed by atoms with Crippen molar-refractivity contribution in [1.82, 2.24) is 14.9 Å². The van der Waals surface area contributed by atoms with E-state index in [1.807, 2.05) is 0 Å². The van der Waals surface area contributed by atoms with Gasteiger partial charge in [0.05, 0.1) is 16.5 Å². The van der Waals surface area contributed by atoms with Gasteiger partial charge in [0, 0.05) is 49.0 Å². The Morgan fingerprint density at radius 3 is 2.13 bits per heavy atom. The molecule has 0 spiro atoms. The summed E-state index contributed by atoms with van der Waals surface area (Å²) in [5, 5.41) is 21.8. The standard InChI is InChI=1S/C22H16N4O5/c27-20(16-1-3-17(4-2-16)26(30)31)18-19(15-7-11-24-12-8-15)25(22(29)21(18)28)13-14-5-9-23-10-6-14/h1-12,19,27H,13H2/b20-18-. The van der Waals surface area contributed by atoms with Crippen molar-refractivity contribution in [1.29, 1.82) is 0 Å². The number of aliphatic hydroxyl groups excluding tert-OH is 1. The summed E-state index contributed by atoms with van der Waals surface area (Å²) < 4.78 is 0. The van der Waals surface area contributed by atoms with E-state index in [0.29, 0.717) is 5.56 Å². The number of hydrogen-bond acceptors (Lipinski definition) is 7. The highest BCUT2D eigenvalue weighted by atomic mass is 16.6. The van der Waals surface area contributed by atoms with Crippen molar-refractivity contribution in [2.75, 3.05) is 0 Å². The summed E-state index contributed by atoms with van der Waals surface area (Å²) in [6, 6.07) is 11.1. The van der Waals surface area contributed by atoms with Crippen LogP contribution in [-0.4, -0.2) is 36.6 Å². The van der Waals surface area contributed by atoms with E-state index in [4.69, 9.17) is 0 Å². The molecule has 0 saturated carbocycles. The molecule has 1 aliphatic rings. The second kappa shape index (κ2) is 8.15. The van der Waals surface area contributed by atoms with Crippen LogP contribution in [0.5, 0.6) is 0 Å². The van der Waals surface area contributed by atoms with Crippen LogP contribution in [0.3, 0.4) is 0 Å². The van der Waals surface area contributed by atoms with Gasteiger partial charge >= 0.3 is 0 Å². The quantitative estimate of drug-likeness (QED) is 0.223. The summed E-state index contributed by atoms with van der Waals surface area (Å²) in [5.41, 5.74) is 1.34. The molecule has 0 radical (unpaired) electrons. The van der Waals surface area contributed by atoms with E-state index in [1.165, 1.54) is 41.6 Å². The van der Waals surface area contributed by atoms with Crippen molar-refractivity contribution in [3.8, 4) is 0 Å². The summed E-state index contributed by atoms with van der Waals surface area (Å²) in [5.74, 6) is -1.97. The van der Waals surface area contributed by atoms with Crippen LogP contribution in [-0.2, 0) is 16.1 Å². The maximum Gasteiger partial charge on any atom is 0.295 e. The van der Waals surface area contributed by atoms with Gasteiger partial charge in [0.1, 0.15) is 5.76 Å². The van der Waals surface area contributed by atoms with Gasteiger partial charge in [-0.25, -0.2) is 0 Å². The van der Waals surface area contributed by atoms with Gasteiger partial charge in [-0.15, -0.1) is 0 Å². The van der Waals surface area contributed by atoms with Crippen molar-refractivity contribution in [3.05, 3.63) is 106 Å². The van der Waals surface area contributed by atoms with Gasteiger partial charge in [-0.1, -0.05) is 0 Å². The van der Waals surface area contributed by atoms with E-state index in [-0.39, 0.29) is 23.4 Å². The fraction of sp³-hybridized carbons (Fsp3) is 0.0909. The van der Waals surface area contributed by atoms with Gasteiger partial charge in [0.15, 0.2) is 0 Å². The predicted molar refractivity (Wildman–Crippen MR) is 109 cm³/mol. The first-order valence-electron chi connectivity index (χ1n) is 9.29. The Bertz CT molecular complexity index is 1180. The highest BCUT2D eigenvalue weighted by molar-refractivity contribution is 6.46. The van der Waals surface area contributed by atoms with Crippen molar-refractivity contribution in [2.45, 2.75) is 12.6 Å². The smallest absolute Gasteiger partial charge is 0.295 e. The van der Waals surface area contributed by atoms with Gasteiger partial charge in [-0.3, -0.25) is 29.7 Å². The predicted octanol–water partition coefficient (Wildman–Crippen LogP) is 3.01. The number of Topliss-reactive ketones (excluding diaryl/α,β-unsaturated/α-hetero) is 1. The average Bonchev–Trinajstić information content (AvgIpc) is 3.05. The topological polar surface area (TPSA) is 127 Å². The normalized spacial score (nSPS) is 17.7. The third kappa shape index (κ3) is 3.76. The zero-order chi connectivity index (χ0) is 22.0. The number of carbonyl (C=O) groups excluding carboxylic acids is 2. The highest BCUT2D eigenvalue weighted by Gasteiger charge is 2.46. The van der Waals surface area contributed by atoms with Gasteiger partial charge in [0.2, 0.25) is 0 Å². The minimum absolute atomic E-state index is 0.0842. The third-order valence-corrected chi connectivity index (χ3v) is 5.02. The number of carbonyl (C=O) groups is 2. The largest absolute Gasteiger partial charge is 0.507 e.